The second-order valence-electron chi connectivity index (χ2n) is 5.51. The first-order valence-electron chi connectivity index (χ1n) is 6.97. The molecule has 1 saturated carbocycles. The highest BCUT2D eigenvalue weighted by molar-refractivity contribution is 5.89. The van der Waals surface area contributed by atoms with E-state index < -0.39 is 0 Å². The summed E-state index contributed by atoms with van der Waals surface area (Å²) < 4.78 is 1.60. The zero-order chi connectivity index (χ0) is 13.2. The van der Waals surface area contributed by atoms with Gasteiger partial charge in [-0.3, -0.25) is 4.57 Å². The number of amides is 1. The van der Waals surface area contributed by atoms with Crippen molar-refractivity contribution < 1.29 is 4.79 Å². The van der Waals surface area contributed by atoms with Gasteiger partial charge < -0.3 is 5.32 Å². The van der Waals surface area contributed by atoms with Crippen LogP contribution in [0.2, 0.25) is 0 Å². The average Bonchev–Trinajstić information content (AvgIpc) is 2.85. The van der Waals surface area contributed by atoms with E-state index >= 15 is 0 Å². The maximum Gasteiger partial charge on any atom is 0.327 e. The molecular formula is C15H19N3O. The number of nitrogens with one attached hydrogen (secondary N) is 1. The van der Waals surface area contributed by atoms with Crippen molar-refractivity contribution in [3.05, 3.63) is 30.6 Å². The number of nitrogens with zero attached hydrogens (tertiary/aromatic N) is 2. The van der Waals surface area contributed by atoms with Gasteiger partial charge in [-0.1, -0.05) is 6.92 Å². The fourth-order valence-electron chi connectivity index (χ4n) is 2.78. The van der Waals surface area contributed by atoms with Gasteiger partial charge in [0.05, 0.1) is 0 Å². The topological polar surface area (TPSA) is 46.9 Å². The first-order valence-corrected chi connectivity index (χ1v) is 6.97. The minimum atomic E-state index is -0.0618. The predicted molar refractivity (Wildman–Crippen MR) is 75.1 cm³/mol. The molecule has 0 spiro atoms. The number of rotatable bonds is 1. The normalized spacial score (nSPS) is 23.4. The lowest BCUT2D eigenvalue weighted by molar-refractivity contribution is 0.230. The summed E-state index contributed by atoms with van der Waals surface area (Å²) in [5.74, 6) is 0.794. The van der Waals surface area contributed by atoms with Crippen molar-refractivity contribution in [1.29, 1.82) is 0 Å². The molecule has 1 aliphatic carbocycles. The quantitative estimate of drug-likeness (QED) is 0.853. The molecule has 3 rings (SSSR count). The first-order chi connectivity index (χ1) is 9.24. The summed E-state index contributed by atoms with van der Waals surface area (Å²) in [6.45, 7) is 2.28. The number of fused-ring (bicyclic) bond motifs is 1. The van der Waals surface area contributed by atoms with Crippen molar-refractivity contribution in [2.45, 2.75) is 38.6 Å². The van der Waals surface area contributed by atoms with Crippen molar-refractivity contribution in [3.63, 3.8) is 0 Å². The summed E-state index contributed by atoms with van der Waals surface area (Å²) in [4.78, 5) is 16.6. The fourth-order valence-corrected chi connectivity index (χ4v) is 2.78. The Bertz CT molecular complexity index is 582. The minimum Gasteiger partial charge on any atom is -0.335 e. The zero-order valence-corrected chi connectivity index (χ0v) is 11.2. The molecule has 1 amide bonds. The summed E-state index contributed by atoms with van der Waals surface area (Å²) >= 11 is 0. The predicted octanol–water partition coefficient (Wildman–Crippen LogP) is 3.17. The molecule has 2 heterocycles. The summed E-state index contributed by atoms with van der Waals surface area (Å²) in [6.07, 6.45) is 8.08. The van der Waals surface area contributed by atoms with Crippen LogP contribution < -0.4 is 5.32 Å². The van der Waals surface area contributed by atoms with Crippen molar-refractivity contribution in [2.75, 3.05) is 0 Å². The summed E-state index contributed by atoms with van der Waals surface area (Å²) in [5.41, 5.74) is 0.726. The van der Waals surface area contributed by atoms with E-state index in [-0.39, 0.29) is 6.03 Å². The molecule has 0 aliphatic heterocycles. The molecule has 4 heteroatoms. The van der Waals surface area contributed by atoms with Crippen LogP contribution in [0.4, 0.5) is 4.79 Å². The highest BCUT2D eigenvalue weighted by Crippen LogP contribution is 2.23. The van der Waals surface area contributed by atoms with Crippen LogP contribution in [0, 0.1) is 5.92 Å². The van der Waals surface area contributed by atoms with Gasteiger partial charge in [-0.25, -0.2) is 9.78 Å². The van der Waals surface area contributed by atoms with Crippen molar-refractivity contribution in [2.24, 2.45) is 5.92 Å². The third-order valence-corrected chi connectivity index (χ3v) is 4.01. The van der Waals surface area contributed by atoms with Crippen LogP contribution >= 0.6 is 0 Å². The van der Waals surface area contributed by atoms with Gasteiger partial charge in [-0.05, 0) is 49.8 Å². The second-order valence-corrected chi connectivity index (χ2v) is 5.51. The van der Waals surface area contributed by atoms with Gasteiger partial charge in [0, 0.05) is 23.8 Å². The van der Waals surface area contributed by atoms with E-state index in [9.17, 15) is 4.79 Å². The maximum atomic E-state index is 12.3. The highest BCUT2D eigenvalue weighted by atomic mass is 16.2. The summed E-state index contributed by atoms with van der Waals surface area (Å²) in [6, 6.07) is 6.02. The molecular weight excluding hydrogens is 238 g/mol. The lowest BCUT2D eigenvalue weighted by atomic mass is 9.87. The molecule has 1 aliphatic rings. The molecule has 0 radical (unpaired) electrons. The smallest absolute Gasteiger partial charge is 0.327 e. The lowest BCUT2D eigenvalue weighted by Gasteiger charge is -2.26. The SMILES string of the molecule is C[C@H]1CC[C@H](NC(=O)n2ccc3cccnc32)CC1. The van der Waals surface area contributed by atoms with E-state index in [0.29, 0.717) is 6.04 Å². The van der Waals surface area contributed by atoms with Crippen LogP contribution in [0.5, 0.6) is 0 Å². The number of carbonyl (C=O) groups excluding carboxylic acids is 1. The molecule has 1 N–H and O–H groups in total. The molecule has 0 atom stereocenters. The number of hydrogen-bond acceptors (Lipinski definition) is 2. The Hall–Kier alpha value is -1.84. The number of pyridine rings is 1. The Kier molecular flexibility index (Phi) is 3.23. The van der Waals surface area contributed by atoms with Gasteiger partial charge in [0.1, 0.15) is 5.65 Å². The van der Waals surface area contributed by atoms with E-state index in [1.807, 2.05) is 18.2 Å². The van der Waals surface area contributed by atoms with E-state index in [4.69, 9.17) is 0 Å². The Morgan fingerprint density at radius 1 is 1.32 bits per heavy atom. The van der Waals surface area contributed by atoms with Gasteiger partial charge in [0.2, 0.25) is 0 Å². The van der Waals surface area contributed by atoms with Crippen LogP contribution in [-0.2, 0) is 0 Å². The molecule has 19 heavy (non-hydrogen) atoms. The van der Waals surface area contributed by atoms with Gasteiger partial charge in [-0.2, -0.15) is 0 Å². The Morgan fingerprint density at radius 2 is 2.11 bits per heavy atom. The van der Waals surface area contributed by atoms with Gasteiger partial charge in [0.25, 0.3) is 0 Å². The number of carbonyl (C=O) groups is 1. The van der Waals surface area contributed by atoms with Crippen LogP contribution in [0.3, 0.4) is 0 Å². The van der Waals surface area contributed by atoms with Crippen molar-refractivity contribution in [3.8, 4) is 0 Å². The molecule has 0 unspecified atom stereocenters. The molecule has 2 aromatic rings. The molecule has 100 valence electrons. The summed E-state index contributed by atoms with van der Waals surface area (Å²) in [5, 5.41) is 4.11. The third-order valence-electron chi connectivity index (χ3n) is 4.01. The number of hydrogen-bond donors (Lipinski definition) is 1. The molecule has 0 aromatic carbocycles. The monoisotopic (exact) mass is 257 g/mol. The Morgan fingerprint density at radius 3 is 2.89 bits per heavy atom. The fraction of sp³-hybridized carbons (Fsp3) is 0.467. The largest absolute Gasteiger partial charge is 0.335 e. The van der Waals surface area contributed by atoms with Crippen LogP contribution in [0.15, 0.2) is 30.6 Å². The van der Waals surface area contributed by atoms with E-state index in [2.05, 4.69) is 17.2 Å². The Labute approximate surface area is 112 Å². The van der Waals surface area contributed by atoms with Gasteiger partial charge in [-0.15, -0.1) is 0 Å². The molecule has 0 saturated heterocycles. The third kappa shape index (κ3) is 2.48. The average molecular weight is 257 g/mol. The number of aromatic nitrogens is 2. The van der Waals surface area contributed by atoms with E-state index in [0.717, 1.165) is 29.8 Å². The van der Waals surface area contributed by atoms with Crippen LogP contribution in [0.25, 0.3) is 11.0 Å². The molecule has 2 aromatic heterocycles. The van der Waals surface area contributed by atoms with Gasteiger partial charge >= 0.3 is 6.03 Å². The molecule has 0 bridgehead atoms. The summed E-state index contributed by atoms with van der Waals surface area (Å²) in [7, 11) is 0. The first kappa shape index (κ1) is 12.2. The molecule has 4 nitrogen and oxygen atoms in total. The lowest BCUT2D eigenvalue weighted by Crippen LogP contribution is -2.39. The Balaban J connectivity index is 1.73. The second kappa shape index (κ2) is 5.03. The zero-order valence-electron chi connectivity index (χ0n) is 11.2. The maximum absolute atomic E-state index is 12.3. The minimum absolute atomic E-state index is 0.0618. The van der Waals surface area contributed by atoms with Crippen LogP contribution in [-0.4, -0.2) is 21.6 Å². The highest BCUT2D eigenvalue weighted by Gasteiger charge is 2.20. The van der Waals surface area contributed by atoms with Crippen molar-refractivity contribution >= 4 is 17.1 Å². The van der Waals surface area contributed by atoms with E-state index in [1.165, 1.54) is 12.8 Å². The van der Waals surface area contributed by atoms with Crippen LogP contribution in [0.1, 0.15) is 32.6 Å². The standard InChI is InChI=1S/C15H19N3O/c1-11-4-6-13(7-5-11)17-15(19)18-10-8-12-3-2-9-16-14(12)18/h2-3,8-11,13H,4-7H2,1H3,(H,17,19)/t11-,13-. The molecule has 1 fully saturated rings. The van der Waals surface area contributed by atoms with E-state index in [1.54, 1.807) is 17.0 Å². The van der Waals surface area contributed by atoms with Gasteiger partial charge in [0.15, 0.2) is 0 Å². The van der Waals surface area contributed by atoms with Crippen molar-refractivity contribution in [1.82, 2.24) is 14.9 Å².